The number of carbonyl (C=O) groups excluding carboxylic acids is 1. The van der Waals surface area contributed by atoms with Crippen molar-refractivity contribution in [1.29, 1.82) is 0 Å². The molecule has 4 heteroatoms. The topological polar surface area (TPSA) is 48.3 Å². The van der Waals surface area contributed by atoms with Crippen LogP contribution in [0.15, 0.2) is 53.5 Å². The molecule has 0 aliphatic carbocycles. The van der Waals surface area contributed by atoms with Crippen LogP contribution in [0.3, 0.4) is 0 Å². The Morgan fingerprint density at radius 2 is 1.90 bits per heavy atom. The van der Waals surface area contributed by atoms with Gasteiger partial charge in [0.1, 0.15) is 6.61 Å². The molecular formula is C16H17NO3. The van der Waals surface area contributed by atoms with Crippen LogP contribution in [0, 0.1) is 0 Å². The maximum atomic E-state index is 11.9. The maximum Gasteiger partial charge on any atom is 0.421 e. The monoisotopic (exact) mass is 271 g/mol. The zero-order valence-electron chi connectivity index (χ0n) is 11.6. The van der Waals surface area contributed by atoms with E-state index in [-0.39, 0.29) is 18.1 Å². The van der Waals surface area contributed by atoms with Gasteiger partial charge in [-0.3, -0.25) is 4.79 Å². The third kappa shape index (κ3) is 3.35. The molecule has 0 aliphatic heterocycles. The molecule has 4 nitrogen and oxygen atoms in total. The van der Waals surface area contributed by atoms with Crippen LogP contribution in [0.5, 0.6) is 0 Å². The molecule has 0 bridgehead atoms. The summed E-state index contributed by atoms with van der Waals surface area (Å²) in [5.41, 5.74) is 1.42. The molecule has 0 radical (unpaired) electrons. The summed E-state index contributed by atoms with van der Waals surface area (Å²) in [6.45, 7) is 4.14. The molecule has 0 amide bonds. The predicted octanol–water partition coefficient (Wildman–Crippen LogP) is 3.16. The summed E-state index contributed by atoms with van der Waals surface area (Å²) in [6, 6.07) is 12.6. The van der Waals surface area contributed by atoms with Gasteiger partial charge in [-0.2, -0.15) is 0 Å². The van der Waals surface area contributed by atoms with Gasteiger partial charge in [0.15, 0.2) is 0 Å². The smallest absolute Gasteiger partial charge is 0.421 e. The van der Waals surface area contributed by atoms with Gasteiger partial charge < -0.3 is 4.74 Å². The fourth-order valence-electron chi connectivity index (χ4n) is 1.79. The van der Waals surface area contributed by atoms with Crippen LogP contribution >= 0.6 is 0 Å². The number of nitrogens with zero attached hydrogens (tertiary/aromatic N) is 1. The molecule has 20 heavy (non-hydrogen) atoms. The average molecular weight is 271 g/mol. The number of aromatic nitrogens is 1. The molecule has 2 aromatic rings. The van der Waals surface area contributed by atoms with Gasteiger partial charge in [-0.1, -0.05) is 44.2 Å². The van der Waals surface area contributed by atoms with Gasteiger partial charge in [0.25, 0.3) is 5.56 Å². The van der Waals surface area contributed by atoms with Gasteiger partial charge in [-0.05, 0) is 23.1 Å². The first-order valence-corrected chi connectivity index (χ1v) is 6.51. The highest BCUT2D eigenvalue weighted by molar-refractivity contribution is 5.70. The second-order valence-corrected chi connectivity index (χ2v) is 4.86. The van der Waals surface area contributed by atoms with Gasteiger partial charge in [-0.25, -0.2) is 9.36 Å². The van der Waals surface area contributed by atoms with Crippen molar-refractivity contribution in [3.8, 4) is 0 Å². The summed E-state index contributed by atoms with van der Waals surface area (Å²) < 4.78 is 6.10. The van der Waals surface area contributed by atoms with E-state index in [2.05, 4.69) is 0 Å². The second-order valence-electron chi connectivity index (χ2n) is 4.86. The van der Waals surface area contributed by atoms with Crippen molar-refractivity contribution in [2.24, 2.45) is 0 Å². The SMILES string of the molecule is CC(C)c1ccn(C(=O)OCc2ccccc2)c(=O)c1. The molecule has 1 heterocycles. The lowest BCUT2D eigenvalue weighted by Gasteiger charge is -2.09. The molecule has 0 fully saturated rings. The first-order valence-electron chi connectivity index (χ1n) is 6.51. The molecule has 0 aliphatic rings. The second kappa shape index (κ2) is 6.19. The van der Waals surface area contributed by atoms with Gasteiger partial charge in [0, 0.05) is 12.3 Å². The molecule has 0 spiro atoms. The summed E-state index contributed by atoms with van der Waals surface area (Å²) in [6.07, 6.45) is 0.805. The molecule has 0 unspecified atom stereocenters. The Morgan fingerprint density at radius 1 is 1.20 bits per heavy atom. The molecule has 104 valence electrons. The lowest BCUT2D eigenvalue weighted by Crippen LogP contribution is -2.27. The summed E-state index contributed by atoms with van der Waals surface area (Å²) in [5.74, 6) is 0.248. The number of benzene rings is 1. The molecule has 1 aromatic carbocycles. The average Bonchev–Trinajstić information content (AvgIpc) is 2.45. The maximum absolute atomic E-state index is 11.9. The van der Waals surface area contributed by atoms with Crippen molar-refractivity contribution in [3.63, 3.8) is 0 Å². The highest BCUT2D eigenvalue weighted by Gasteiger charge is 2.10. The molecule has 0 saturated carbocycles. The van der Waals surface area contributed by atoms with E-state index in [1.165, 1.54) is 12.3 Å². The predicted molar refractivity (Wildman–Crippen MR) is 76.8 cm³/mol. The van der Waals surface area contributed by atoms with E-state index < -0.39 is 6.09 Å². The Balaban J connectivity index is 2.08. The minimum atomic E-state index is -0.658. The molecular weight excluding hydrogens is 254 g/mol. The Kier molecular flexibility index (Phi) is 4.35. The van der Waals surface area contributed by atoms with Crippen molar-refractivity contribution >= 4 is 6.09 Å². The van der Waals surface area contributed by atoms with E-state index in [4.69, 9.17) is 4.74 Å². The Bertz CT molecular complexity index is 644. The highest BCUT2D eigenvalue weighted by Crippen LogP contribution is 2.10. The van der Waals surface area contributed by atoms with Crippen molar-refractivity contribution in [1.82, 2.24) is 4.57 Å². The highest BCUT2D eigenvalue weighted by atomic mass is 16.5. The first-order chi connectivity index (χ1) is 9.58. The van der Waals surface area contributed by atoms with E-state index in [0.29, 0.717) is 0 Å². The minimum absolute atomic E-state index is 0.151. The van der Waals surface area contributed by atoms with Crippen molar-refractivity contribution in [3.05, 3.63) is 70.1 Å². The molecule has 0 N–H and O–H groups in total. The van der Waals surface area contributed by atoms with E-state index in [1.54, 1.807) is 6.07 Å². The number of hydrogen-bond acceptors (Lipinski definition) is 3. The van der Waals surface area contributed by atoms with Crippen LogP contribution in [-0.2, 0) is 11.3 Å². The third-order valence-electron chi connectivity index (χ3n) is 3.01. The molecule has 0 atom stereocenters. The normalized spacial score (nSPS) is 10.6. The van der Waals surface area contributed by atoms with Crippen LogP contribution in [0.25, 0.3) is 0 Å². The summed E-state index contributed by atoms with van der Waals surface area (Å²) in [5, 5.41) is 0. The van der Waals surface area contributed by atoms with E-state index in [9.17, 15) is 9.59 Å². The van der Waals surface area contributed by atoms with Gasteiger partial charge >= 0.3 is 6.09 Å². The van der Waals surface area contributed by atoms with Crippen LogP contribution in [-0.4, -0.2) is 10.7 Å². The lowest BCUT2D eigenvalue weighted by molar-refractivity contribution is 0.140. The van der Waals surface area contributed by atoms with Crippen LogP contribution in [0.2, 0.25) is 0 Å². The Morgan fingerprint density at radius 3 is 2.50 bits per heavy atom. The summed E-state index contributed by atoms with van der Waals surface area (Å²) in [4.78, 5) is 23.7. The molecule has 2 rings (SSSR count). The number of ether oxygens (including phenoxy) is 1. The Labute approximate surface area is 117 Å². The molecule has 0 saturated heterocycles. The van der Waals surface area contributed by atoms with E-state index in [1.807, 2.05) is 44.2 Å². The van der Waals surface area contributed by atoms with E-state index >= 15 is 0 Å². The lowest BCUT2D eigenvalue weighted by atomic mass is 10.1. The fraction of sp³-hybridized carbons (Fsp3) is 0.250. The summed E-state index contributed by atoms with van der Waals surface area (Å²) >= 11 is 0. The van der Waals surface area contributed by atoms with Crippen molar-refractivity contribution in [2.75, 3.05) is 0 Å². The molecule has 1 aromatic heterocycles. The van der Waals surface area contributed by atoms with Crippen molar-refractivity contribution < 1.29 is 9.53 Å². The fourth-order valence-corrected chi connectivity index (χ4v) is 1.79. The van der Waals surface area contributed by atoms with Gasteiger partial charge in [0.05, 0.1) is 0 Å². The van der Waals surface area contributed by atoms with Crippen LogP contribution < -0.4 is 5.56 Å². The number of carbonyl (C=O) groups is 1. The van der Waals surface area contributed by atoms with Crippen LogP contribution in [0.1, 0.15) is 30.9 Å². The number of hydrogen-bond donors (Lipinski definition) is 0. The van der Waals surface area contributed by atoms with Gasteiger partial charge in [-0.15, -0.1) is 0 Å². The minimum Gasteiger partial charge on any atom is -0.444 e. The third-order valence-corrected chi connectivity index (χ3v) is 3.01. The first kappa shape index (κ1) is 14.1. The van der Waals surface area contributed by atoms with Gasteiger partial charge in [0.2, 0.25) is 0 Å². The van der Waals surface area contributed by atoms with Crippen LogP contribution in [0.4, 0.5) is 4.79 Å². The quantitative estimate of drug-likeness (QED) is 0.861. The number of rotatable bonds is 3. The number of pyridine rings is 1. The standard InChI is InChI=1S/C16H17NO3/c1-12(2)14-8-9-17(15(18)10-14)16(19)20-11-13-6-4-3-5-7-13/h3-10,12H,11H2,1-2H3. The zero-order valence-corrected chi connectivity index (χ0v) is 11.6. The zero-order chi connectivity index (χ0) is 14.5. The largest absolute Gasteiger partial charge is 0.444 e. The van der Waals surface area contributed by atoms with Crippen molar-refractivity contribution in [2.45, 2.75) is 26.4 Å². The Hall–Kier alpha value is -2.36. The van der Waals surface area contributed by atoms with E-state index in [0.717, 1.165) is 15.7 Å². The summed E-state index contributed by atoms with van der Waals surface area (Å²) in [7, 11) is 0.